The second-order valence-corrected chi connectivity index (χ2v) is 9.48. The number of quaternary nitrogens is 1. The van der Waals surface area contributed by atoms with E-state index in [1.807, 2.05) is 12.2 Å². The third kappa shape index (κ3) is 8.56. The number of carbonyl (C=O) groups excluding carboxylic acids is 3. The number of alkyl carbamates (subject to hydrolysis) is 1. The maximum atomic E-state index is 12.1. The van der Waals surface area contributed by atoms with Crippen molar-refractivity contribution in [3.8, 4) is 0 Å². The minimum Gasteiger partial charge on any atom is -1.00 e. The Morgan fingerprint density at radius 3 is 2.28 bits per heavy atom. The van der Waals surface area contributed by atoms with Gasteiger partial charge in [0.1, 0.15) is 29.8 Å². The van der Waals surface area contributed by atoms with E-state index in [2.05, 4.69) is 5.32 Å². The Bertz CT molecular complexity index is 784. The summed E-state index contributed by atoms with van der Waals surface area (Å²) in [6.07, 6.45) is 5.25. The first kappa shape index (κ1) is 28.1. The van der Waals surface area contributed by atoms with Crippen LogP contribution in [0.1, 0.15) is 47.5 Å². The lowest BCUT2D eigenvalue weighted by Gasteiger charge is -2.36. The first-order chi connectivity index (χ1) is 14.4. The Kier molecular flexibility index (Phi) is 10.4. The van der Waals surface area contributed by atoms with Crippen molar-refractivity contribution in [3.05, 3.63) is 23.3 Å². The van der Waals surface area contributed by atoms with Crippen molar-refractivity contribution in [1.29, 1.82) is 0 Å². The summed E-state index contributed by atoms with van der Waals surface area (Å²) in [5, 5.41) is 3.35. The number of amidine groups is 1. The Morgan fingerprint density at radius 2 is 1.75 bits per heavy atom. The number of ketones is 2. The minimum absolute atomic E-state index is 0. The van der Waals surface area contributed by atoms with Crippen LogP contribution in [0.5, 0.6) is 0 Å². The van der Waals surface area contributed by atoms with Crippen LogP contribution in [0.25, 0.3) is 0 Å². The van der Waals surface area contributed by atoms with E-state index in [9.17, 15) is 14.4 Å². The highest BCUT2D eigenvalue weighted by atomic mass is 35.5. The van der Waals surface area contributed by atoms with E-state index in [1.54, 1.807) is 26.8 Å². The molecule has 1 amide bonds. The second-order valence-electron chi connectivity index (χ2n) is 9.04. The highest BCUT2D eigenvalue weighted by Crippen LogP contribution is 2.28. The monoisotopic (exact) mass is 489 g/mol. The van der Waals surface area contributed by atoms with E-state index in [1.165, 1.54) is 13.8 Å². The predicted molar refractivity (Wildman–Crippen MR) is 119 cm³/mol. The van der Waals surface area contributed by atoms with Crippen molar-refractivity contribution < 1.29 is 40.7 Å². The Hall–Kier alpha value is -1.90. The topological polar surface area (TPSA) is 94.1 Å². The van der Waals surface area contributed by atoms with Crippen molar-refractivity contribution in [2.45, 2.75) is 65.2 Å². The van der Waals surface area contributed by atoms with Crippen LogP contribution in [0, 0.1) is 0 Å². The van der Waals surface area contributed by atoms with Crippen molar-refractivity contribution in [2.75, 3.05) is 26.2 Å². The zero-order valence-corrected chi connectivity index (χ0v) is 20.8. The molecule has 1 heterocycles. The molecule has 1 aliphatic heterocycles. The molecule has 0 fully saturated rings. The quantitative estimate of drug-likeness (QED) is 0.463. The van der Waals surface area contributed by atoms with Gasteiger partial charge in [0.25, 0.3) is 0 Å². The number of aliphatic imine (C=N–C) groups is 1. The van der Waals surface area contributed by atoms with Crippen molar-refractivity contribution in [2.24, 2.45) is 4.99 Å². The van der Waals surface area contributed by atoms with Gasteiger partial charge in [0.15, 0.2) is 6.10 Å². The summed E-state index contributed by atoms with van der Waals surface area (Å²) >= 11 is 6.12. The number of Topliss-reactive ketones (excluding diaryl/α,β-unsaturated/α-hetero) is 2. The van der Waals surface area contributed by atoms with E-state index < -0.39 is 11.7 Å². The molecule has 0 saturated carbocycles. The number of halogens is 2. The fourth-order valence-corrected chi connectivity index (χ4v) is 3.60. The first-order valence-electron chi connectivity index (χ1n) is 10.5. The normalized spacial score (nSPS) is 19.7. The average Bonchev–Trinajstić information content (AvgIpc) is 3.05. The molecule has 2 atom stereocenters. The molecule has 2 rings (SSSR count). The zero-order valence-electron chi connectivity index (χ0n) is 19.3. The maximum Gasteiger partial charge on any atom is 0.407 e. The number of hydrogen-bond acceptors (Lipinski definition) is 6. The number of nitrogens with one attached hydrogen (secondary N) is 1. The summed E-state index contributed by atoms with van der Waals surface area (Å²) in [6.45, 7) is 9.94. The fourth-order valence-electron chi connectivity index (χ4n) is 3.40. The third-order valence-electron chi connectivity index (χ3n) is 5.01. The number of hydrogen-bond donors (Lipinski definition) is 1. The summed E-state index contributed by atoms with van der Waals surface area (Å²) in [6, 6.07) is 0.203. The Labute approximate surface area is 201 Å². The van der Waals surface area contributed by atoms with Crippen molar-refractivity contribution in [3.63, 3.8) is 0 Å². The lowest BCUT2D eigenvalue weighted by molar-refractivity contribution is -0.848. The van der Waals surface area contributed by atoms with Crippen LogP contribution in [0.2, 0.25) is 0 Å². The fraction of sp³-hybridized carbons (Fsp3) is 0.636. The molecular formula is C22H33Cl2N3O5. The van der Waals surface area contributed by atoms with E-state index in [-0.39, 0.29) is 47.1 Å². The van der Waals surface area contributed by atoms with E-state index in [0.717, 1.165) is 0 Å². The molecule has 8 nitrogen and oxygen atoms in total. The molecule has 10 heteroatoms. The third-order valence-corrected chi connectivity index (χ3v) is 5.26. The number of amides is 1. The van der Waals surface area contributed by atoms with Crippen LogP contribution in [0.4, 0.5) is 4.79 Å². The molecule has 0 saturated heterocycles. The highest BCUT2D eigenvalue weighted by molar-refractivity contribution is 6.31. The van der Waals surface area contributed by atoms with Crippen LogP contribution in [-0.2, 0) is 19.1 Å². The van der Waals surface area contributed by atoms with Gasteiger partial charge in [-0.1, -0.05) is 11.6 Å². The van der Waals surface area contributed by atoms with Crippen LogP contribution < -0.4 is 17.7 Å². The van der Waals surface area contributed by atoms with Crippen LogP contribution >= 0.6 is 11.6 Å². The van der Waals surface area contributed by atoms with Gasteiger partial charge < -0.3 is 27.2 Å². The highest BCUT2D eigenvalue weighted by Gasteiger charge is 2.44. The molecule has 32 heavy (non-hydrogen) atoms. The number of allylic oxidation sites excluding steroid dienone is 2. The molecule has 0 radical (unpaired) electrons. The van der Waals surface area contributed by atoms with Gasteiger partial charge >= 0.3 is 12.1 Å². The molecule has 1 aliphatic carbocycles. The lowest BCUT2D eigenvalue weighted by Crippen LogP contribution is -3.00. The Morgan fingerprint density at radius 1 is 1.16 bits per heavy atom. The van der Waals surface area contributed by atoms with E-state index in [0.29, 0.717) is 43.5 Å². The lowest BCUT2D eigenvalue weighted by atomic mass is 10.1. The molecule has 0 aromatic carbocycles. The standard InChI is InChI=1S/C22H32ClN3O5.ClH/c1-15(27)8-11-26(12-9-16(2)28,13-10-24-21(29)31-22(3,4)5)20-25-18-14-17(23)6-7-19(18)30-20;/h6-7,14,18-19H,8-13H2,1-5H3;1H. The second kappa shape index (κ2) is 11.8. The maximum absolute atomic E-state index is 12.1. The zero-order chi connectivity index (χ0) is 23.2. The van der Waals surface area contributed by atoms with Gasteiger partial charge in [-0.2, -0.15) is 4.99 Å². The SMILES string of the molecule is CC(=O)CC[N+](CCNC(=O)OC(C)(C)C)(CCC(C)=O)C1=NC2C=C(Cl)C=CC2O1.[Cl-]. The van der Waals surface area contributed by atoms with E-state index in [4.69, 9.17) is 26.1 Å². The molecule has 180 valence electrons. The van der Waals surface area contributed by atoms with Crippen LogP contribution in [0.3, 0.4) is 0 Å². The van der Waals surface area contributed by atoms with E-state index >= 15 is 0 Å². The molecule has 0 aromatic heterocycles. The number of fused-ring (bicyclic) bond motifs is 1. The van der Waals surface area contributed by atoms with Gasteiger partial charge in [-0.3, -0.25) is 9.59 Å². The smallest absolute Gasteiger partial charge is 0.407 e. The number of nitrogens with zero attached hydrogens (tertiary/aromatic N) is 2. The summed E-state index contributed by atoms with van der Waals surface area (Å²) in [5.41, 5.74) is -0.606. The minimum atomic E-state index is -0.606. The first-order valence-corrected chi connectivity index (χ1v) is 10.9. The molecule has 2 aliphatic rings. The molecule has 2 unspecified atom stereocenters. The summed E-state index contributed by atoms with van der Waals surface area (Å²) in [5.74, 6) is 0.0635. The number of ether oxygens (including phenoxy) is 2. The molecule has 0 bridgehead atoms. The van der Waals surface area contributed by atoms with Gasteiger partial charge in [-0.25, -0.2) is 9.28 Å². The van der Waals surface area contributed by atoms with Gasteiger partial charge in [0, 0.05) is 5.03 Å². The van der Waals surface area contributed by atoms with Crippen molar-refractivity contribution >= 4 is 35.3 Å². The Balaban J connectivity index is 0.00000512. The van der Waals surface area contributed by atoms with Crippen molar-refractivity contribution in [1.82, 2.24) is 5.32 Å². The van der Waals surface area contributed by atoms with Crippen LogP contribution in [-0.4, -0.2) is 72.1 Å². The predicted octanol–water partition coefficient (Wildman–Crippen LogP) is 0.106. The van der Waals surface area contributed by atoms with Gasteiger partial charge in [-0.05, 0) is 52.8 Å². The molecular weight excluding hydrogens is 457 g/mol. The average molecular weight is 490 g/mol. The molecule has 0 aromatic rings. The number of rotatable bonds is 9. The summed E-state index contributed by atoms with van der Waals surface area (Å²) < 4.78 is 11.6. The number of carbonyl (C=O) groups is 3. The van der Waals surface area contributed by atoms with Gasteiger partial charge in [-0.15, -0.1) is 0 Å². The largest absolute Gasteiger partial charge is 1.00 e. The molecule has 0 spiro atoms. The van der Waals surface area contributed by atoms with Crippen LogP contribution in [0.15, 0.2) is 28.3 Å². The summed E-state index contributed by atoms with van der Waals surface area (Å²) in [7, 11) is 0. The molecule has 1 N–H and O–H groups in total. The summed E-state index contributed by atoms with van der Waals surface area (Å²) in [4.78, 5) is 40.4. The van der Waals surface area contributed by atoms with Gasteiger partial charge in [0.2, 0.25) is 0 Å². The van der Waals surface area contributed by atoms with Gasteiger partial charge in [0.05, 0.1) is 32.5 Å².